The number of carbonyl (C=O) groups excluding carboxylic acids is 1. The second-order valence-corrected chi connectivity index (χ2v) is 4.94. The largest absolute Gasteiger partial charge is 0.326 e. The van der Waals surface area contributed by atoms with E-state index in [0.717, 1.165) is 25.4 Å². The number of rotatable bonds is 4. The van der Waals surface area contributed by atoms with Gasteiger partial charge in [0.15, 0.2) is 0 Å². The molecule has 1 saturated heterocycles. The molecule has 3 heteroatoms. The molecule has 0 aromatic carbocycles. The molecule has 2 rings (SSSR count). The van der Waals surface area contributed by atoms with Gasteiger partial charge in [-0.25, -0.2) is 0 Å². The fourth-order valence-corrected chi connectivity index (χ4v) is 2.61. The van der Waals surface area contributed by atoms with Crippen molar-refractivity contribution in [2.45, 2.75) is 58.0 Å². The molecule has 0 bridgehead atoms. The van der Waals surface area contributed by atoms with Crippen LogP contribution in [0.15, 0.2) is 0 Å². The van der Waals surface area contributed by atoms with Crippen molar-refractivity contribution >= 4 is 5.91 Å². The molecular weight excluding hydrogens is 188 g/mol. The van der Waals surface area contributed by atoms with Crippen LogP contribution in [0.3, 0.4) is 0 Å². The van der Waals surface area contributed by atoms with Gasteiger partial charge in [0.2, 0.25) is 5.91 Å². The van der Waals surface area contributed by atoms with Crippen LogP contribution in [0.25, 0.3) is 0 Å². The van der Waals surface area contributed by atoms with Crippen molar-refractivity contribution in [2.75, 3.05) is 6.67 Å². The van der Waals surface area contributed by atoms with Gasteiger partial charge in [0.25, 0.3) is 0 Å². The summed E-state index contributed by atoms with van der Waals surface area (Å²) in [5, 5.41) is 3.32. The number of nitrogens with zero attached hydrogens (tertiary/aromatic N) is 1. The van der Waals surface area contributed by atoms with Gasteiger partial charge in [-0.3, -0.25) is 10.1 Å². The maximum atomic E-state index is 12.0. The van der Waals surface area contributed by atoms with Crippen molar-refractivity contribution in [3.63, 3.8) is 0 Å². The molecule has 0 aromatic heterocycles. The average Bonchev–Trinajstić information content (AvgIpc) is 2.46. The van der Waals surface area contributed by atoms with Crippen LogP contribution in [-0.4, -0.2) is 29.6 Å². The van der Waals surface area contributed by atoms with E-state index in [9.17, 15) is 4.79 Å². The highest BCUT2D eigenvalue weighted by Crippen LogP contribution is 2.32. The summed E-state index contributed by atoms with van der Waals surface area (Å²) in [6, 6.07) is 0.540. The van der Waals surface area contributed by atoms with Gasteiger partial charge < -0.3 is 4.90 Å². The number of nitrogens with one attached hydrogen (secondary N) is 1. The summed E-state index contributed by atoms with van der Waals surface area (Å²) in [7, 11) is 0. The first-order valence-electron chi connectivity index (χ1n) is 6.28. The maximum absolute atomic E-state index is 12.0. The summed E-state index contributed by atoms with van der Waals surface area (Å²) in [6.07, 6.45) is 6.03. The first-order chi connectivity index (χ1) is 7.24. The lowest BCUT2D eigenvalue weighted by molar-refractivity contribution is -0.132. The smallest absolute Gasteiger partial charge is 0.241 e. The zero-order valence-corrected chi connectivity index (χ0v) is 9.83. The Morgan fingerprint density at radius 2 is 2.27 bits per heavy atom. The number of amides is 1. The minimum atomic E-state index is 0.0949. The molecule has 1 aliphatic heterocycles. The highest BCUT2D eigenvalue weighted by Gasteiger charge is 2.37. The Balaban J connectivity index is 1.90. The Labute approximate surface area is 92.2 Å². The molecule has 0 radical (unpaired) electrons. The predicted octanol–water partition coefficient (Wildman–Crippen LogP) is 1.73. The van der Waals surface area contributed by atoms with E-state index in [2.05, 4.69) is 19.2 Å². The van der Waals surface area contributed by atoms with Crippen LogP contribution < -0.4 is 5.32 Å². The molecule has 2 atom stereocenters. The van der Waals surface area contributed by atoms with E-state index in [1.54, 1.807) is 0 Å². The van der Waals surface area contributed by atoms with Crippen LogP contribution in [0.5, 0.6) is 0 Å². The SMILES string of the molecule is CCCC1NCN(C(C)C2CCC2)C1=O. The van der Waals surface area contributed by atoms with Gasteiger partial charge in [0, 0.05) is 6.04 Å². The normalized spacial score (nSPS) is 29.3. The molecule has 2 fully saturated rings. The van der Waals surface area contributed by atoms with Crippen LogP contribution in [0, 0.1) is 5.92 Å². The monoisotopic (exact) mass is 210 g/mol. The second kappa shape index (κ2) is 4.52. The van der Waals surface area contributed by atoms with E-state index in [1.807, 2.05) is 4.90 Å². The molecule has 1 saturated carbocycles. The fraction of sp³-hybridized carbons (Fsp3) is 0.917. The summed E-state index contributed by atoms with van der Waals surface area (Å²) >= 11 is 0. The molecule has 3 nitrogen and oxygen atoms in total. The minimum absolute atomic E-state index is 0.0949. The van der Waals surface area contributed by atoms with Crippen LogP contribution in [0.1, 0.15) is 46.0 Å². The Morgan fingerprint density at radius 3 is 2.80 bits per heavy atom. The van der Waals surface area contributed by atoms with Crippen molar-refractivity contribution in [1.82, 2.24) is 10.2 Å². The van der Waals surface area contributed by atoms with Crippen LogP contribution >= 0.6 is 0 Å². The Kier molecular flexibility index (Phi) is 3.29. The van der Waals surface area contributed by atoms with Crippen molar-refractivity contribution in [2.24, 2.45) is 5.92 Å². The van der Waals surface area contributed by atoms with Crippen LogP contribution in [0.2, 0.25) is 0 Å². The third kappa shape index (κ3) is 2.03. The van der Waals surface area contributed by atoms with E-state index in [1.165, 1.54) is 19.3 Å². The molecular formula is C12H22N2O. The third-order valence-electron chi connectivity index (χ3n) is 3.99. The highest BCUT2D eigenvalue weighted by atomic mass is 16.2. The molecule has 0 aromatic rings. The van der Waals surface area contributed by atoms with Crippen molar-refractivity contribution in [3.05, 3.63) is 0 Å². The number of carbonyl (C=O) groups is 1. The van der Waals surface area contributed by atoms with Gasteiger partial charge in [-0.05, 0) is 32.1 Å². The molecule has 1 aliphatic carbocycles. The van der Waals surface area contributed by atoms with Gasteiger partial charge in [-0.1, -0.05) is 19.8 Å². The van der Waals surface area contributed by atoms with Gasteiger partial charge in [-0.2, -0.15) is 0 Å². The summed E-state index contributed by atoms with van der Waals surface area (Å²) < 4.78 is 0. The number of hydrogen-bond donors (Lipinski definition) is 1. The number of hydrogen-bond acceptors (Lipinski definition) is 2. The van der Waals surface area contributed by atoms with Crippen molar-refractivity contribution < 1.29 is 4.79 Å². The molecule has 86 valence electrons. The second-order valence-electron chi connectivity index (χ2n) is 4.94. The lowest BCUT2D eigenvalue weighted by Gasteiger charge is -2.36. The average molecular weight is 210 g/mol. The Hall–Kier alpha value is -0.570. The van der Waals surface area contributed by atoms with E-state index in [0.29, 0.717) is 11.9 Å². The highest BCUT2D eigenvalue weighted by molar-refractivity contribution is 5.84. The summed E-state index contributed by atoms with van der Waals surface area (Å²) in [5.41, 5.74) is 0. The molecule has 15 heavy (non-hydrogen) atoms. The molecule has 2 aliphatic rings. The molecule has 0 spiro atoms. The van der Waals surface area contributed by atoms with Gasteiger partial charge in [-0.15, -0.1) is 0 Å². The van der Waals surface area contributed by atoms with Gasteiger partial charge >= 0.3 is 0 Å². The van der Waals surface area contributed by atoms with E-state index < -0.39 is 0 Å². The summed E-state index contributed by atoms with van der Waals surface area (Å²) in [4.78, 5) is 14.1. The van der Waals surface area contributed by atoms with Crippen molar-refractivity contribution in [1.29, 1.82) is 0 Å². The van der Waals surface area contributed by atoms with Crippen LogP contribution in [-0.2, 0) is 4.79 Å². The van der Waals surface area contributed by atoms with Crippen LogP contribution in [0.4, 0.5) is 0 Å². The summed E-state index contributed by atoms with van der Waals surface area (Å²) in [5.74, 6) is 1.09. The zero-order valence-electron chi connectivity index (χ0n) is 9.83. The topological polar surface area (TPSA) is 32.3 Å². The Bertz CT molecular complexity index is 238. The first kappa shape index (κ1) is 10.9. The maximum Gasteiger partial charge on any atom is 0.241 e. The molecule has 2 unspecified atom stereocenters. The minimum Gasteiger partial charge on any atom is -0.326 e. The first-order valence-corrected chi connectivity index (χ1v) is 6.28. The standard InChI is InChI=1S/C12H22N2O/c1-3-5-11-12(15)14(8-13-11)9(2)10-6-4-7-10/h9-11,13H,3-8H2,1-2H3. The summed E-state index contributed by atoms with van der Waals surface area (Å²) in [6.45, 7) is 5.10. The molecule has 1 heterocycles. The zero-order chi connectivity index (χ0) is 10.8. The third-order valence-corrected chi connectivity index (χ3v) is 3.99. The lowest BCUT2D eigenvalue weighted by atomic mass is 9.80. The fourth-order valence-electron chi connectivity index (χ4n) is 2.61. The predicted molar refractivity (Wildman–Crippen MR) is 60.3 cm³/mol. The van der Waals surface area contributed by atoms with E-state index in [4.69, 9.17) is 0 Å². The molecule has 1 N–H and O–H groups in total. The van der Waals surface area contributed by atoms with E-state index in [-0.39, 0.29) is 6.04 Å². The van der Waals surface area contributed by atoms with Gasteiger partial charge in [0.05, 0.1) is 12.7 Å². The quantitative estimate of drug-likeness (QED) is 0.766. The van der Waals surface area contributed by atoms with Gasteiger partial charge in [0.1, 0.15) is 0 Å². The molecule has 1 amide bonds. The lowest BCUT2D eigenvalue weighted by Crippen LogP contribution is -2.43. The van der Waals surface area contributed by atoms with E-state index >= 15 is 0 Å². The van der Waals surface area contributed by atoms with Crippen molar-refractivity contribution in [3.8, 4) is 0 Å². The Morgan fingerprint density at radius 1 is 1.53 bits per heavy atom.